The molecule has 0 bridgehead atoms. The maximum atomic E-state index is 12.5. The van der Waals surface area contributed by atoms with Gasteiger partial charge in [-0.3, -0.25) is 4.79 Å². The zero-order chi connectivity index (χ0) is 19.4. The Morgan fingerprint density at radius 3 is 2.19 bits per heavy atom. The first-order valence-electron chi connectivity index (χ1n) is 7.92. The molecule has 27 heavy (non-hydrogen) atoms. The fraction of sp³-hybridized carbons (Fsp3) is 0.211. The first kappa shape index (κ1) is 18.6. The summed E-state index contributed by atoms with van der Waals surface area (Å²) < 4.78 is 25.9. The maximum Gasteiger partial charge on any atom is 0.238 e. The topological polar surface area (TPSA) is 108 Å². The van der Waals surface area contributed by atoms with Gasteiger partial charge in [-0.05, 0) is 24.3 Å². The van der Waals surface area contributed by atoms with E-state index in [0.717, 1.165) is 0 Å². The lowest BCUT2D eigenvalue weighted by Crippen LogP contribution is -2.04. The van der Waals surface area contributed by atoms with Crippen LogP contribution in [0.5, 0.6) is 23.0 Å². The summed E-state index contributed by atoms with van der Waals surface area (Å²) in [5, 5.41) is 20.3. The van der Waals surface area contributed by atoms with Gasteiger partial charge in [-0.25, -0.2) is 0 Å². The van der Waals surface area contributed by atoms with Gasteiger partial charge in [0.15, 0.2) is 19.3 Å². The summed E-state index contributed by atoms with van der Waals surface area (Å²) in [7, 11) is 2.97. The van der Waals surface area contributed by atoms with Crippen LogP contribution in [0.4, 0.5) is 0 Å². The summed E-state index contributed by atoms with van der Waals surface area (Å²) in [5.41, 5.74) is -0.223. The minimum Gasteiger partial charge on any atom is -0.507 e. The van der Waals surface area contributed by atoms with Gasteiger partial charge in [-0.15, -0.1) is 0 Å². The van der Waals surface area contributed by atoms with Crippen molar-refractivity contribution in [3.8, 4) is 34.3 Å². The van der Waals surface area contributed by atoms with Crippen molar-refractivity contribution in [1.82, 2.24) is 0 Å². The Morgan fingerprint density at radius 1 is 0.926 bits per heavy atom. The van der Waals surface area contributed by atoms with Crippen molar-refractivity contribution in [2.75, 3.05) is 27.8 Å². The molecule has 1 heterocycles. The second kappa shape index (κ2) is 7.98. The molecule has 0 spiro atoms. The molecule has 1 aromatic heterocycles. The monoisotopic (exact) mass is 374 g/mol. The van der Waals surface area contributed by atoms with Crippen LogP contribution in [-0.4, -0.2) is 38.0 Å². The Kier molecular flexibility index (Phi) is 5.49. The van der Waals surface area contributed by atoms with E-state index in [1.54, 1.807) is 24.3 Å². The Bertz CT molecular complexity index is 991. The number of aromatic hydroxyl groups is 2. The second-order valence-electron chi connectivity index (χ2n) is 5.55. The Balaban J connectivity index is 2.07. The Morgan fingerprint density at radius 2 is 1.56 bits per heavy atom. The van der Waals surface area contributed by atoms with Crippen molar-refractivity contribution < 1.29 is 33.6 Å². The summed E-state index contributed by atoms with van der Waals surface area (Å²) in [6.07, 6.45) is 0. The van der Waals surface area contributed by atoms with Gasteiger partial charge in [0.25, 0.3) is 0 Å². The van der Waals surface area contributed by atoms with E-state index in [-0.39, 0.29) is 41.8 Å². The van der Waals surface area contributed by atoms with Crippen molar-refractivity contribution in [2.24, 2.45) is 0 Å². The van der Waals surface area contributed by atoms with E-state index in [9.17, 15) is 15.0 Å². The highest BCUT2D eigenvalue weighted by Gasteiger charge is 2.19. The molecular formula is C19H18O8. The van der Waals surface area contributed by atoms with Crippen LogP contribution < -0.4 is 14.9 Å². The van der Waals surface area contributed by atoms with Gasteiger partial charge in [0.1, 0.15) is 28.2 Å². The van der Waals surface area contributed by atoms with E-state index in [0.29, 0.717) is 11.3 Å². The average Bonchev–Trinajstić information content (AvgIpc) is 2.67. The molecule has 8 nitrogen and oxygen atoms in total. The first-order valence-corrected chi connectivity index (χ1v) is 7.92. The van der Waals surface area contributed by atoms with Crippen molar-refractivity contribution in [1.29, 1.82) is 0 Å². The highest BCUT2D eigenvalue weighted by Crippen LogP contribution is 2.35. The number of rotatable bonds is 7. The van der Waals surface area contributed by atoms with Crippen LogP contribution in [0.2, 0.25) is 0 Å². The number of ether oxygens (including phenoxy) is 4. The maximum absolute atomic E-state index is 12.5. The average molecular weight is 374 g/mol. The molecule has 3 rings (SSSR count). The molecular weight excluding hydrogens is 356 g/mol. The molecule has 2 N–H and O–H groups in total. The molecule has 0 aliphatic carbocycles. The van der Waals surface area contributed by atoms with Crippen molar-refractivity contribution in [3.63, 3.8) is 0 Å². The molecule has 0 fully saturated rings. The van der Waals surface area contributed by atoms with E-state index in [1.165, 1.54) is 26.4 Å². The van der Waals surface area contributed by atoms with Crippen molar-refractivity contribution in [2.45, 2.75) is 0 Å². The number of benzene rings is 2. The fourth-order valence-electron chi connectivity index (χ4n) is 2.50. The molecule has 0 radical (unpaired) electrons. The molecule has 0 saturated heterocycles. The summed E-state index contributed by atoms with van der Waals surface area (Å²) in [5.74, 6) is -0.193. The van der Waals surface area contributed by atoms with Crippen molar-refractivity contribution >= 4 is 11.0 Å². The number of phenols is 1. The van der Waals surface area contributed by atoms with Crippen LogP contribution in [0.25, 0.3) is 22.3 Å². The van der Waals surface area contributed by atoms with Crippen LogP contribution in [0.3, 0.4) is 0 Å². The number of hydrogen-bond acceptors (Lipinski definition) is 8. The lowest BCUT2D eigenvalue weighted by atomic mass is 10.1. The molecule has 0 aliphatic heterocycles. The van der Waals surface area contributed by atoms with E-state index >= 15 is 0 Å². The Hall–Kier alpha value is -3.23. The van der Waals surface area contributed by atoms with Gasteiger partial charge in [0.05, 0.1) is 0 Å². The van der Waals surface area contributed by atoms with Crippen LogP contribution in [0.15, 0.2) is 45.6 Å². The second-order valence-corrected chi connectivity index (χ2v) is 5.55. The minimum atomic E-state index is -0.748. The zero-order valence-corrected chi connectivity index (χ0v) is 14.7. The van der Waals surface area contributed by atoms with Gasteiger partial charge in [0.2, 0.25) is 11.2 Å². The number of fused-ring (bicyclic) bond motifs is 1. The molecule has 0 unspecified atom stereocenters. The third kappa shape index (κ3) is 3.81. The quantitative estimate of drug-likeness (QED) is 0.608. The molecule has 3 aromatic rings. The largest absolute Gasteiger partial charge is 0.507 e. The molecule has 0 atom stereocenters. The first-order chi connectivity index (χ1) is 13.0. The van der Waals surface area contributed by atoms with E-state index in [4.69, 9.17) is 23.4 Å². The minimum absolute atomic E-state index is 0.0333. The van der Waals surface area contributed by atoms with E-state index < -0.39 is 11.2 Å². The predicted molar refractivity (Wildman–Crippen MR) is 96.3 cm³/mol. The zero-order valence-electron chi connectivity index (χ0n) is 14.7. The molecule has 2 aromatic carbocycles. The lowest BCUT2D eigenvalue weighted by molar-refractivity contribution is 0.0509. The smallest absolute Gasteiger partial charge is 0.238 e. The number of hydrogen-bond donors (Lipinski definition) is 2. The fourth-order valence-corrected chi connectivity index (χ4v) is 2.50. The highest BCUT2D eigenvalue weighted by atomic mass is 16.7. The molecule has 8 heteroatoms. The van der Waals surface area contributed by atoms with Crippen molar-refractivity contribution in [3.05, 3.63) is 46.6 Å². The summed E-state index contributed by atoms with van der Waals surface area (Å²) in [6, 6.07) is 9.23. The third-order valence-electron chi connectivity index (χ3n) is 3.73. The summed E-state index contributed by atoms with van der Waals surface area (Å²) in [6.45, 7) is 0.0578. The molecule has 0 saturated carbocycles. The van der Waals surface area contributed by atoms with Crippen LogP contribution in [0, 0.1) is 0 Å². The van der Waals surface area contributed by atoms with Gasteiger partial charge in [-0.1, -0.05) is 0 Å². The van der Waals surface area contributed by atoms with E-state index in [1.807, 2.05) is 0 Å². The molecule has 0 amide bonds. The van der Waals surface area contributed by atoms with Crippen LogP contribution in [0.1, 0.15) is 0 Å². The normalized spacial score (nSPS) is 10.9. The summed E-state index contributed by atoms with van der Waals surface area (Å²) >= 11 is 0. The third-order valence-corrected chi connectivity index (χ3v) is 3.73. The van der Waals surface area contributed by atoms with Crippen LogP contribution >= 0.6 is 0 Å². The predicted octanol–water partition coefficient (Wildman–Crippen LogP) is 2.84. The number of phenolic OH excluding ortho intramolecular Hbond substituents is 1. The molecule has 142 valence electrons. The van der Waals surface area contributed by atoms with Gasteiger partial charge in [-0.2, -0.15) is 0 Å². The van der Waals surface area contributed by atoms with Gasteiger partial charge in [0, 0.05) is 31.9 Å². The standard InChI is InChI=1S/C19H18O8/c1-23-9-25-12-5-3-11(4-6-12)19-18(22)17(21)16-14(20)7-13(26-10-24-2)8-15(16)27-19/h3-8,20,22H,9-10H2,1-2H3. The number of methoxy groups -OCH3 is 2. The Labute approximate surface area is 154 Å². The lowest BCUT2D eigenvalue weighted by Gasteiger charge is -2.10. The molecule has 0 aliphatic rings. The summed E-state index contributed by atoms with van der Waals surface area (Å²) in [4.78, 5) is 12.5. The highest BCUT2D eigenvalue weighted by molar-refractivity contribution is 5.88. The van der Waals surface area contributed by atoms with Gasteiger partial charge >= 0.3 is 0 Å². The van der Waals surface area contributed by atoms with Gasteiger partial charge < -0.3 is 33.6 Å². The SMILES string of the molecule is COCOc1ccc(-c2oc3cc(OCOC)cc(O)c3c(=O)c2O)cc1. The van der Waals surface area contributed by atoms with Crippen LogP contribution in [-0.2, 0) is 9.47 Å². The van der Waals surface area contributed by atoms with E-state index in [2.05, 4.69) is 0 Å².